The Balaban J connectivity index is 2.06. The molecule has 1 rings (SSSR count). The zero-order valence-corrected chi connectivity index (χ0v) is 11.7. The number of rotatable bonds is 8. The number of ether oxygens (including phenoxy) is 1. The fraction of sp³-hybridized carbons (Fsp3) is 0.500. The molecule has 0 aliphatic rings. The van der Waals surface area contributed by atoms with Crippen LogP contribution in [0.1, 0.15) is 25.7 Å². The summed E-state index contributed by atoms with van der Waals surface area (Å²) < 4.78 is 26.9. The first-order chi connectivity index (χ1) is 8.47. The molecule has 1 aromatic rings. The SMILES string of the molecule is NS(=O)(=O)CCCCCCOc1cccc(Cl)c1. The first-order valence-electron chi connectivity index (χ1n) is 5.86. The third kappa shape index (κ3) is 7.53. The molecular formula is C12H18ClNO3S. The largest absolute Gasteiger partial charge is 0.494 e. The van der Waals surface area contributed by atoms with Gasteiger partial charge in [-0.25, -0.2) is 13.6 Å². The van der Waals surface area contributed by atoms with E-state index in [0.717, 1.165) is 25.0 Å². The van der Waals surface area contributed by atoms with Gasteiger partial charge in [0, 0.05) is 5.02 Å². The van der Waals surface area contributed by atoms with Crippen LogP contribution in [0, 0.1) is 0 Å². The van der Waals surface area contributed by atoms with Crippen LogP contribution < -0.4 is 9.88 Å². The fourth-order valence-corrected chi connectivity index (χ4v) is 2.29. The van der Waals surface area contributed by atoms with E-state index < -0.39 is 10.0 Å². The van der Waals surface area contributed by atoms with E-state index in [0.29, 0.717) is 18.1 Å². The Morgan fingerprint density at radius 2 is 1.89 bits per heavy atom. The predicted molar refractivity (Wildman–Crippen MR) is 73.4 cm³/mol. The van der Waals surface area contributed by atoms with Crippen LogP contribution in [-0.2, 0) is 10.0 Å². The Bertz CT molecular complexity index is 462. The molecule has 0 radical (unpaired) electrons. The molecule has 4 nitrogen and oxygen atoms in total. The highest BCUT2D eigenvalue weighted by molar-refractivity contribution is 7.89. The molecule has 0 aliphatic carbocycles. The van der Waals surface area contributed by atoms with Crippen molar-refractivity contribution in [3.8, 4) is 5.75 Å². The summed E-state index contributed by atoms with van der Waals surface area (Å²) in [5, 5.41) is 5.55. The Morgan fingerprint density at radius 3 is 2.56 bits per heavy atom. The summed E-state index contributed by atoms with van der Waals surface area (Å²) in [7, 11) is -3.31. The number of hydrogen-bond donors (Lipinski definition) is 1. The predicted octanol–water partition coefficient (Wildman–Crippen LogP) is 2.57. The van der Waals surface area contributed by atoms with Gasteiger partial charge in [0.25, 0.3) is 0 Å². The van der Waals surface area contributed by atoms with Gasteiger partial charge in [-0.3, -0.25) is 0 Å². The van der Waals surface area contributed by atoms with Crippen LogP contribution in [0.4, 0.5) is 0 Å². The molecule has 2 N–H and O–H groups in total. The number of benzene rings is 1. The zero-order chi connectivity index (χ0) is 13.4. The van der Waals surface area contributed by atoms with Crippen LogP contribution in [-0.4, -0.2) is 20.8 Å². The average molecular weight is 292 g/mol. The van der Waals surface area contributed by atoms with E-state index in [1.807, 2.05) is 12.1 Å². The van der Waals surface area contributed by atoms with Crippen molar-refractivity contribution in [3.05, 3.63) is 29.3 Å². The van der Waals surface area contributed by atoms with Gasteiger partial charge in [0.2, 0.25) is 10.0 Å². The average Bonchev–Trinajstić information content (AvgIpc) is 2.26. The quantitative estimate of drug-likeness (QED) is 0.748. The summed E-state index contributed by atoms with van der Waals surface area (Å²) in [6.07, 6.45) is 3.26. The topological polar surface area (TPSA) is 69.4 Å². The maximum atomic E-state index is 10.7. The van der Waals surface area contributed by atoms with Crippen molar-refractivity contribution in [2.45, 2.75) is 25.7 Å². The highest BCUT2D eigenvalue weighted by Gasteiger charge is 2.01. The van der Waals surface area contributed by atoms with Crippen LogP contribution in [0.3, 0.4) is 0 Å². The van der Waals surface area contributed by atoms with E-state index in [4.69, 9.17) is 21.5 Å². The number of sulfonamides is 1. The maximum Gasteiger partial charge on any atom is 0.209 e. The van der Waals surface area contributed by atoms with Crippen molar-refractivity contribution < 1.29 is 13.2 Å². The first-order valence-corrected chi connectivity index (χ1v) is 7.95. The molecule has 102 valence electrons. The molecule has 0 bridgehead atoms. The molecule has 0 fully saturated rings. The lowest BCUT2D eigenvalue weighted by atomic mass is 10.2. The fourth-order valence-electron chi connectivity index (χ4n) is 1.51. The molecule has 0 aliphatic heterocycles. The van der Waals surface area contributed by atoms with Crippen molar-refractivity contribution >= 4 is 21.6 Å². The molecule has 0 heterocycles. The lowest BCUT2D eigenvalue weighted by molar-refractivity contribution is 0.305. The molecule has 18 heavy (non-hydrogen) atoms. The van der Waals surface area contributed by atoms with Gasteiger partial charge < -0.3 is 4.74 Å². The number of halogens is 1. The van der Waals surface area contributed by atoms with Gasteiger partial charge in [-0.1, -0.05) is 30.5 Å². The van der Waals surface area contributed by atoms with Crippen molar-refractivity contribution in [2.24, 2.45) is 5.14 Å². The van der Waals surface area contributed by atoms with Crippen LogP contribution in [0.2, 0.25) is 5.02 Å². The molecule has 0 aromatic heterocycles. The van der Waals surface area contributed by atoms with E-state index in [9.17, 15) is 8.42 Å². The summed E-state index contributed by atoms with van der Waals surface area (Å²) >= 11 is 5.82. The van der Waals surface area contributed by atoms with Gasteiger partial charge in [-0.15, -0.1) is 0 Å². The van der Waals surface area contributed by atoms with Gasteiger partial charge in [0.05, 0.1) is 12.4 Å². The van der Waals surface area contributed by atoms with Crippen molar-refractivity contribution in [1.29, 1.82) is 0 Å². The molecule has 0 spiro atoms. The number of primary sulfonamides is 1. The number of unbranched alkanes of at least 4 members (excludes halogenated alkanes) is 3. The summed E-state index contributed by atoms with van der Waals surface area (Å²) in [5.74, 6) is 0.814. The monoisotopic (exact) mass is 291 g/mol. The van der Waals surface area contributed by atoms with Gasteiger partial charge in [0.15, 0.2) is 0 Å². The molecule has 0 unspecified atom stereocenters. The van der Waals surface area contributed by atoms with Gasteiger partial charge >= 0.3 is 0 Å². The van der Waals surface area contributed by atoms with Crippen molar-refractivity contribution in [2.75, 3.05) is 12.4 Å². The number of hydrogen-bond acceptors (Lipinski definition) is 3. The summed E-state index contributed by atoms with van der Waals surface area (Å²) in [4.78, 5) is 0. The second-order valence-corrected chi connectivity index (χ2v) is 6.26. The summed E-state index contributed by atoms with van der Waals surface area (Å²) in [6, 6.07) is 7.25. The van der Waals surface area contributed by atoms with Crippen molar-refractivity contribution in [1.82, 2.24) is 0 Å². The van der Waals surface area contributed by atoms with E-state index >= 15 is 0 Å². The zero-order valence-electron chi connectivity index (χ0n) is 10.1. The minimum absolute atomic E-state index is 0.0577. The Kier molecular flexibility index (Phi) is 6.46. The van der Waals surface area contributed by atoms with Crippen LogP contribution in [0.5, 0.6) is 5.75 Å². The van der Waals surface area contributed by atoms with E-state index in [1.165, 1.54) is 0 Å². The molecule has 0 amide bonds. The van der Waals surface area contributed by atoms with Crippen LogP contribution in [0.15, 0.2) is 24.3 Å². The third-order valence-electron chi connectivity index (χ3n) is 2.39. The Morgan fingerprint density at radius 1 is 1.17 bits per heavy atom. The minimum atomic E-state index is -3.31. The Hall–Kier alpha value is -0.780. The lowest BCUT2D eigenvalue weighted by Crippen LogP contribution is -2.16. The first kappa shape index (κ1) is 15.3. The molecule has 0 atom stereocenters. The second kappa shape index (κ2) is 7.61. The minimum Gasteiger partial charge on any atom is -0.494 e. The van der Waals surface area contributed by atoms with Gasteiger partial charge in [0.1, 0.15) is 5.75 Å². The van der Waals surface area contributed by atoms with Gasteiger partial charge in [-0.05, 0) is 31.0 Å². The highest BCUT2D eigenvalue weighted by atomic mass is 35.5. The molecule has 0 saturated carbocycles. The smallest absolute Gasteiger partial charge is 0.209 e. The van der Waals surface area contributed by atoms with E-state index in [2.05, 4.69) is 0 Å². The Labute approximate surface area is 113 Å². The standard InChI is InChI=1S/C12H18ClNO3S/c13-11-6-5-7-12(10-11)17-8-3-1-2-4-9-18(14,15)16/h5-7,10H,1-4,8-9H2,(H2,14,15,16). The number of nitrogens with two attached hydrogens (primary N) is 1. The van der Waals surface area contributed by atoms with Crippen LogP contribution >= 0.6 is 11.6 Å². The molecule has 6 heteroatoms. The molecule has 0 saturated heterocycles. The van der Waals surface area contributed by atoms with E-state index in [-0.39, 0.29) is 5.75 Å². The molecular weight excluding hydrogens is 274 g/mol. The lowest BCUT2D eigenvalue weighted by Gasteiger charge is -2.06. The van der Waals surface area contributed by atoms with Crippen LogP contribution in [0.25, 0.3) is 0 Å². The van der Waals surface area contributed by atoms with Gasteiger partial charge in [-0.2, -0.15) is 0 Å². The summed E-state index contributed by atoms with van der Waals surface area (Å²) in [6.45, 7) is 0.607. The third-order valence-corrected chi connectivity index (χ3v) is 3.48. The van der Waals surface area contributed by atoms with Crippen molar-refractivity contribution in [3.63, 3.8) is 0 Å². The van der Waals surface area contributed by atoms with E-state index in [1.54, 1.807) is 12.1 Å². The summed E-state index contributed by atoms with van der Waals surface area (Å²) in [5.41, 5.74) is 0. The highest BCUT2D eigenvalue weighted by Crippen LogP contribution is 2.17. The normalized spacial score (nSPS) is 11.4. The maximum absolute atomic E-state index is 10.7. The second-order valence-electron chi connectivity index (χ2n) is 4.09. The molecule has 1 aromatic carbocycles.